The van der Waals surface area contributed by atoms with Crippen LogP contribution >= 0.6 is 0 Å². The number of hydrogen-bond donors (Lipinski definition) is 15. The smallest absolute Gasteiger partial charge is 0.239 e. The molecule has 4 aliphatic rings. The second-order valence-corrected chi connectivity index (χ2v) is 15.7. The predicted octanol–water partition coefficient (Wildman–Crippen LogP) is -5.74. The Bertz CT molecular complexity index is 2100. The molecule has 0 radical (unpaired) electrons. The van der Waals surface area contributed by atoms with Crippen molar-refractivity contribution in [2.24, 2.45) is 0 Å². The fourth-order valence-corrected chi connectivity index (χ4v) is 7.74. The van der Waals surface area contributed by atoms with Gasteiger partial charge in [-0.15, -0.1) is 0 Å². The van der Waals surface area contributed by atoms with Gasteiger partial charge >= 0.3 is 0 Å². The van der Waals surface area contributed by atoms with Crippen molar-refractivity contribution in [1.29, 1.82) is 0 Å². The zero-order valence-corrected chi connectivity index (χ0v) is 33.4. The van der Waals surface area contributed by atoms with E-state index in [2.05, 4.69) is 0 Å². The molecule has 0 spiro atoms. The number of aliphatic hydroxyl groups excluding tert-OH is 12. The van der Waals surface area contributed by atoms with Gasteiger partial charge in [0, 0.05) is 17.7 Å². The highest BCUT2D eigenvalue weighted by atomic mass is 16.8. The highest BCUT2D eigenvalue weighted by Crippen LogP contribution is 2.40. The minimum Gasteiger partial charge on any atom is -0.508 e. The van der Waals surface area contributed by atoms with Crippen molar-refractivity contribution in [3.8, 4) is 34.3 Å². The first-order chi connectivity index (χ1) is 30.3. The van der Waals surface area contributed by atoms with Crippen LogP contribution in [0.1, 0.15) is 6.92 Å². The van der Waals surface area contributed by atoms with Gasteiger partial charge in [-0.05, 0) is 31.2 Å². The van der Waals surface area contributed by atoms with Gasteiger partial charge in [0.25, 0.3) is 0 Å². The van der Waals surface area contributed by atoms with E-state index < -0.39 is 176 Å². The predicted molar refractivity (Wildman–Crippen MR) is 204 cm³/mol. The summed E-state index contributed by atoms with van der Waals surface area (Å²) in [6.45, 7) is -1.33. The molecule has 64 heavy (non-hydrogen) atoms. The normalized spacial score (nSPS) is 40.6. The van der Waals surface area contributed by atoms with Gasteiger partial charge in [0.1, 0.15) is 114 Å². The van der Waals surface area contributed by atoms with Crippen LogP contribution in [0.15, 0.2) is 45.6 Å². The van der Waals surface area contributed by atoms with Crippen LogP contribution in [0.5, 0.6) is 23.0 Å². The van der Waals surface area contributed by atoms with Gasteiger partial charge < -0.3 is 119 Å². The molecule has 25 heteroatoms. The molecule has 356 valence electrons. The maximum absolute atomic E-state index is 14.4. The van der Waals surface area contributed by atoms with Crippen LogP contribution in [-0.4, -0.2) is 219 Å². The van der Waals surface area contributed by atoms with Crippen molar-refractivity contribution in [1.82, 2.24) is 0 Å². The summed E-state index contributed by atoms with van der Waals surface area (Å²) >= 11 is 0. The summed E-state index contributed by atoms with van der Waals surface area (Å²) < 4.78 is 52.6. The van der Waals surface area contributed by atoms with Gasteiger partial charge in [-0.2, -0.15) is 0 Å². The largest absolute Gasteiger partial charge is 0.508 e. The zero-order chi connectivity index (χ0) is 46.5. The van der Waals surface area contributed by atoms with Gasteiger partial charge in [0.05, 0.1) is 25.9 Å². The summed E-state index contributed by atoms with van der Waals surface area (Å²) in [7, 11) is 0. The van der Waals surface area contributed by atoms with E-state index in [9.17, 15) is 81.4 Å². The zero-order valence-electron chi connectivity index (χ0n) is 33.4. The number of phenols is 3. The molecule has 4 aliphatic heterocycles. The third-order valence-corrected chi connectivity index (χ3v) is 11.4. The van der Waals surface area contributed by atoms with Gasteiger partial charge in [-0.25, -0.2) is 0 Å². The van der Waals surface area contributed by atoms with E-state index in [-0.39, 0.29) is 16.9 Å². The maximum Gasteiger partial charge on any atom is 0.239 e. The summed E-state index contributed by atoms with van der Waals surface area (Å²) in [5.74, 6) is -2.73. The van der Waals surface area contributed by atoms with E-state index in [0.29, 0.717) is 0 Å². The molecule has 15 N–H and O–H groups in total. The summed E-state index contributed by atoms with van der Waals surface area (Å²) in [6.07, 6.45) is -37.5. The molecule has 4 fully saturated rings. The summed E-state index contributed by atoms with van der Waals surface area (Å²) in [5, 5.41) is 158. The van der Waals surface area contributed by atoms with Gasteiger partial charge in [-0.3, -0.25) is 4.79 Å². The quantitative estimate of drug-likeness (QED) is 0.0805. The minimum absolute atomic E-state index is 0.0411. The van der Waals surface area contributed by atoms with Crippen molar-refractivity contribution < 1.29 is 119 Å². The number of rotatable bonds is 12. The Balaban J connectivity index is 1.33. The van der Waals surface area contributed by atoms with E-state index in [1.807, 2.05) is 0 Å². The summed E-state index contributed by atoms with van der Waals surface area (Å²) in [4.78, 5) is 14.4. The first-order valence-corrected chi connectivity index (χ1v) is 19.9. The van der Waals surface area contributed by atoms with Gasteiger partial charge in [0.2, 0.25) is 17.5 Å². The van der Waals surface area contributed by atoms with Crippen molar-refractivity contribution in [2.45, 2.75) is 130 Å². The lowest BCUT2D eigenvalue weighted by Crippen LogP contribution is -2.67. The van der Waals surface area contributed by atoms with Crippen LogP contribution in [-0.2, 0) is 33.2 Å². The summed E-state index contributed by atoms with van der Waals surface area (Å²) in [5.41, 5.74) is -1.44. The Morgan fingerprint density at radius 2 is 1.09 bits per heavy atom. The molecule has 0 amide bonds. The summed E-state index contributed by atoms with van der Waals surface area (Å²) in [6, 6.07) is 6.82. The molecular formula is C39H50O25. The second-order valence-electron chi connectivity index (χ2n) is 15.7. The molecule has 1 aromatic heterocycles. The molecule has 8 unspecified atom stereocenters. The lowest BCUT2D eigenvalue weighted by Gasteiger charge is -2.49. The molecule has 2 aromatic carbocycles. The van der Waals surface area contributed by atoms with Crippen LogP contribution < -0.4 is 10.2 Å². The third-order valence-electron chi connectivity index (χ3n) is 11.4. The third kappa shape index (κ3) is 9.25. The van der Waals surface area contributed by atoms with Crippen LogP contribution in [0.3, 0.4) is 0 Å². The van der Waals surface area contributed by atoms with E-state index in [0.717, 1.165) is 12.1 Å². The molecule has 20 atom stereocenters. The Morgan fingerprint density at radius 3 is 1.67 bits per heavy atom. The average molecular weight is 919 g/mol. The maximum atomic E-state index is 14.4. The number of phenolic OH excluding ortho intramolecular Hbond substituents is 3. The Hall–Kier alpha value is -3.91. The van der Waals surface area contributed by atoms with E-state index >= 15 is 0 Å². The first-order valence-electron chi connectivity index (χ1n) is 19.9. The molecule has 0 aliphatic carbocycles. The molecule has 7 rings (SSSR count). The molecular weight excluding hydrogens is 868 g/mol. The Morgan fingerprint density at radius 1 is 0.562 bits per heavy atom. The van der Waals surface area contributed by atoms with Crippen LogP contribution in [0.25, 0.3) is 22.3 Å². The van der Waals surface area contributed by atoms with E-state index in [4.69, 9.17) is 42.3 Å². The first kappa shape index (κ1) is 48.0. The van der Waals surface area contributed by atoms with Crippen molar-refractivity contribution in [2.75, 3.05) is 19.8 Å². The van der Waals surface area contributed by atoms with Crippen molar-refractivity contribution >= 4 is 11.0 Å². The number of fused-ring (bicyclic) bond motifs is 1. The molecule has 0 saturated carbocycles. The Kier molecular flexibility index (Phi) is 14.6. The van der Waals surface area contributed by atoms with Crippen LogP contribution in [0.2, 0.25) is 0 Å². The van der Waals surface area contributed by atoms with Crippen molar-refractivity contribution in [3.05, 3.63) is 46.6 Å². The van der Waals surface area contributed by atoms with Crippen LogP contribution in [0.4, 0.5) is 0 Å². The Labute approximate surface area is 360 Å². The standard InChI is InChI=1S/C39H50O25/c1-11-21(45)25(49)28(52)36(57-11)56-10-19-33(62-37-29(53)26(50)22(46)17(8-40)59-37)31(55)35(64-38-30(54)27(51)23(47)18(9-41)60-38)39(61-19)63-34-24(48)20-15(44)6-14(43)7-16(20)58-32(34)12-2-4-13(42)5-3-12/h2-7,11,17-19,21-23,25-31,33,35-47,49-55H,8-10H2,1H3/t11?,17?,18?,19?,21-,22+,23-,25-,26-,27-,28?,29?,30?,31-,33+,35?,36+,37+,38-,39-/m0/s1. The van der Waals surface area contributed by atoms with Crippen molar-refractivity contribution in [3.63, 3.8) is 0 Å². The lowest BCUT2D eigenvalue weighted by atomic mass is 9.96. The number of hydrogen-bond acceptors (Lipinski definition) is 25. The molecule has 5 heterocycles. The highest BCUT2D eigenvalue weighted by molar-refractivity contribution is 5.88. The molecule has 4 saturated heterocycles. The molecule has 25 nitrogen and oxygen atoms in total. The van der Waals surface area contributed by atoms with Crippen LogP contribution in [0, 0.1) is 0 Å². The SMILES string of the molecule is CC1O[C@@H](OCC2O[C@@H](Oc3c(-c4ccc(O)cc4)oc4cc(O)cc(O)c4c3=O)C(O[C@@H]3OC(CO)[C@H](O)[C@H](O)C3O)[C@@H](O)[C@@H]2O[C@H]2OC(CO)[C@@H](O)[C@H](O)C2O)C(O)[C@@H](O)[C@H]1O. The van der Waals surface area contributed by atoms with E-state index in [1.165, 1.54) is 31.2 Å². The monoisotopic (exact) mass is 918 g/mol. The molecule has 0 bridgehead atoms. The van der Waals surface area contributed by atoms with Gasteiger partial charge in [-0.1, -0.05) is 0 Å². The fraction of sp³-hybridized carbons (Fsp3) is 0.615. The number of ether oxygens (including phenoxy) is 8. The van der Waals surface area contributed by atoms with E-state index in [1.54, 1.807) is 0 Å². The highest BCUT2D eigenvalue weighted by Gasteiger charge is 2.55. The lowest BCUT2D eigenvalue weighted by molar-refractivity contribution is -0.383. The topological polar surface area (TPSA) is 408 Å². The fourth-order valence-electron chi connectivity index (χ4n) is 7.74. The minimum atomic E-state index is -2.24. The number of benzene rings is 2. The average Bonchev–Trinajstić information content (AvgIpc) is 3.26. The second kappa shape index (κ2) is 19.5. The number of aliphatic hydroxyl groups is 12. The number of aromatic hydroxyl groups is 3. The van der Waals surface area contributed by atoms with Gasteiger partial charge in [0.15, 0.2) is 30.7 Å². The molecule has 3 aromatic rings.